The summed E-state index contributed by atoms with van der Waals surface area (Å²) in [5.74, 6) is -4.61. The van der Waals surface area contributed by atoms with Gasteiger partial charge in [0.25, 0.3) is 5.56 Å². The van der Waals surface area contributed by atoms with Gasteiger partial charge in [0.2, 0.25) is 11.8 Å². The second-order valence-electron chi connectivity index (χ2n) is 12.5. The number of likely N-dealkylation sites (tertiary alicyclic amines) is 1. The summed E-state index contributed by atoms with van der Waals surface area (Å²) >= 11 is 0. The number of rotatable bonds is 6. The number of halogens is 6. The van der Waals surface area contributed by atoms with Crippen molar-refractivity contribution in [1.29, 1.82) is 0 Å². The largest absolute Gasteiger partial charge is 0.481 e. The van der Waals surface area contributed by atoms with E-state index in [9.17, 15) is 37.1 Å². The molecule has 2 N–H and O–H groups in total. The van der Waals surface area contributed by atoms with Gasteiger partial charge in [-0.3, -0.25) is 28.5 Å². The number of carbonyl (C=O) groups excluding carboxylic acids is 1. The lowest BCUT2D eigenvalue weighted by Crippen LogP contribution is -2.49. The van der Waals surface area contributed by atoms with E-state index in [0.29, 0.717) is 27.5 Å². The third-order valence-electron chi connectivity index (χ3n) is 9.03. The van der Waals surface area contributed by atoms with Crippen LogP contribution in [0.1, 0.15) is 52.0 Å². The predicted molar refractivity (Wildman–Crippen MR) is 167 cm³/mol. The monoisotopic (exact) mass is 703 g/mol. The molecular weight excluding hydrogens is 672 g/mol. The van der Waals surface area contributed by atoms with Crippen LogP contribution in [0, 0.1) is 25.5 Å². The average molecular weight is 704 g/mol. The Morgan fingerprint density at radius 1 is 1.08 bits per heavy atom. The number of hydrogen-bond donors (Lipinski definition) is 2. The normalized spacial score (nSPS) is 18.2. The molecule has 2 aromatic heterocycles. The van der Waals surface area contributed by atoms with E-state index in [1.54, 1.807) is 18.9 Å². The first-order valence-electron chi connectivity index (χ1n) is 15.5. The molecule has 0 spiro atoms. The number of alkyl halides is 4. The highest BCUT2D eigenvalue weighted by Crippen LogP contribution is 2.40. The van der Waals surface area contributed by atoms with E-state index < -0.39 is 76.6 Å². The molecule has 264 valence electrons. The molecule has 4 aromatic rings. The van der Waals surface area contributed by atoms with Gasteiger partial charge in [0.05, 0.1) is 23.6 Å². The van der Waals surface area contributed by atoms with Crippen LogP contribution >= 0.6 is 0 Å². The number of amides is 1. The van der Waals surface area contributed by atoms with E-state index in [0.717, 1.165) is 18.3 Å². The fraction of sp³-hybridized carbons (Fsp3) is 0.353. The number of carboxylic acid groups (broad SMARTS) is 1. The first kappa shape index (κ1) is 34.7. The van der Waals surface area contributed by atoms with E-state index in [1.807, 2.05) is 0 Å². The molecule has 2 aromatic carbocycles. The van der Waals surface area contributed by atoms with Crippen LogP contribution in [0.2, 0.25) is 0 Å². The molecule has 2 aliphatic rings. The van der Waals surface area contributed by atoms with Crippen molar-refractivity contribution in [3.8, 4) is 22.8 Å². The minimum absolute atomic E-state index is 0.000111. The minimum Gasteiger partial charge on any atom is -0.481 e. The number of pyridine rings is 1. The minimum atomic E-state index is -4.98. The number of hydrogen-bond acceptors (Lipinski definition) is 6. The number of nitrogens with zero attached hydrogens (tertiary/aromatic N) is 4. The number of nitrogens with one attached hydrogen (secondary N) is 1. The summed E-state index contributed by atoms with van der Waals surface area (Å²) in [6.07, 6.45) is -6.46. The van der Waals surface area contributed by atoms with Gasteiger partial charge in [-0.25, -0.2) is 13.2 Å². The molecule has 1 amide bonds. The maximum Gasteiger partial charge on any atom is 0.416 e. The van der Waals surface area contributed by atoms with E-state index in [4.69, 9.17) is 4.74 Å². The molecule has 2 aliphatic heterocycles. The van der Waals surface area contributed by atoms with Crippen LogP contribution in [0.4, 0.5) is 26.3 Å². The number of aliphatic carboxylic acids is 1. The SMILES string of the molecule is Cc1cc2cc(c1F)[C@H](CC(=O)O)NC(=O)[C@@H](n1cc(CCN3CC(F)C3)c(C(F)(F)F)cc1=O)c1cc(ccc1F)Oc1nn(C)c(C)c1-2. The highest BCUT2D eigenvalue weighted by molar-refractivity contribution is 5.85. The number of carboxylic acids is 1. The summed E-state index contributed by atoms with van der Waals surface area (Å²) in [6.45, 7) is 3.18. The first-order valence-corrected chi connectivity index (χ1v) is 15.5. The summed E-state index contributed by atoms with van der Waals surface area (Å²) < 4.78 is 95.7. The van der Waals surface area contributed by atoms with Gasteiger partial charge in [-0.05, 0) is 67.3 Å². The molecule has 6 rings (SSSR count). The Kier molecular flexibility index (Phi) is 9.01. The standard InChI is InChI=1S/C34H31F6N5O5/c1-16-8-19-9-23(30(16)37)26(12-28(47)48)41-32(49)31(22-10-21(4-5-25(22)36)50-33-29(19)17(2)43(3)42-33)45-13-18(6-7-44-14-20(35)15-44)24(11-27(45)46)34(38,39)40/h4-5,8-11,13,20,26,31H,6-7,12,14-15H2,1-3H3,(H,41,49)(H,47,48)/t26-,31-/m0/s1. The Hall–Kier alpha value is -5.12. The molecule has 4 bridgehead atoms. The molecular formula is C34H31F6N5O5. The van der Waals surface area contributed by atoms with E-state index in [1.165, 1.54) is 29.8 Å². The summed E-state index contributed by atoms with van der Waals surface area (Å²) in [7, 11) is 1.62. The molecule has 0 saturated carbocycles. The quantitative estimate of drug-likeness (QED) is 0.259. The number of aromatic nitrogens is 3. The molecule has 16 heteroatoms. The second kappa shape index (κ2) is 13.0. The van der Waals surface area contributed by atoms with Gasteiger partial charge in [-0.1, -0.05) is 0 Å². The van der Waals surface area contributed by atoms with Crippen molar-refractivity contribution in [2.75, 3.05) is 19.6 Å². The summed E-state index contributed by atoms with van der Waals surface area (Å²) in [4.78, 5) is 41.3. The highest BCUT2D eigenvalue weighted by atomic mass is 19.4. The van der Waals surface area contributed by atoms with Gasteiger partial charge in [-0.15, -0.1) is 5.10 Å². The fourth-order valence-electron chi connectivity index (χ4n) is 6.39. The predicted octanol–water partition coefficient (Wildman–Crippen LogP) is 5.39. The number of ether oxygens (including phenoxy) is 1. The van der Waals surface area contributed by atoms with E-state index in [-0.39, 0.29) is 48.8 Å². The van der Waals surface area contributed by atoms with Crippen molar-refractivity contribution >= 4 is 11.9 Å². The van der Waals surface area contributed by atoms with Crippen LogP contribution in [0.15, 0.2) is 47.4 Å². The molecule has 0 aliphatic carbocycles. The first-order chi connectivity index (χ1) is 23.5. The summed E-state index contributed by atoms with van der Waals surface area (Å²) in [6, 6.07) is 2.75. The Labute approximate surface area is 280 Å². The number of fused-ring (bicyclic) bond motifs is 6. The topological polar surface area (TPSA) is 119 Å². The van der Waals surface area contributed by atoms with Crippen molar-refractivity contribution in [1.82, 2.24) is 24.6 Å². The smallest absolute Gasteiger partial charge is 0.416 e. The van der Waals surface area contributed by atoms with Crippen LogP contribution in [-0.2, 0) is 29.2 Å². The molecule has 10 nitrogen and oxygen atoms in total. The van der Waals surface area contributed by atoms with Crippen molar-refractivity contribution in [2.45, 2.75) is 51.1 Å². The van der Waals surface area contributed by atoms with Crippen LogP contribution in [0.25, 0.3) is 11.1 Å². The molecule has 50 heavy (non-hydrogen) atoms. The van der Waals surface area contributed by atoms with Crippen molar-refractivity contribution < 1.29 is 45.8 Å². The molecule has 0 radical (unpaired) electrons. The zero-order valence-electron chi connectivity index (χ0n) is 26.9. The lowest BCUT2D eigenvalue weighted by atomic mass is 9.94. The number of aryl methyl sites for hydroxylation is 2. The molecule has 2 atom stereocenters. The zero-order valence-corrected chi connectivity index (χ0v) is 26.9. The lowest BCUT2D eigenvalue weighted by molar-refractivity contribution is -0.139. The van der Waals surface area contributed by atoms with Gasteiger partial charge >= 0.3 is 12.1 Å². The van der Waals surface area contributed by atoms with Gasteiger partial charge in [0.1, 0.15) is 29.6 Å². The van der Waals surface area contributed by atoms with Crippen molar-refractivity contribution in [2.24, 2.45) is 7.05 Å². The molecule has 0 unspecified atom stereocenters. The van der Waals surface area contributed by atoms with Crippen LogP contribution in [-0.4, -0.2) is 62.0 Å². The number of benzene rings is 2. The third-order valence-corrected chi connectivity index (χ3v) is 9.03. The Morgan fingerprint density at radius 3 is 2.46 bits per heavy atom. The molecule has 4 heterocycles. The fourth-order valence-corrected chi connectivity index (χ4v) is 6.39. The molecule has 1 fully saturated rings. The Balaban J connectivity index is 1.58. The van der Waals surface area contributed by atoms with Gasteiger partial charge in [0, 0.05) is 55.8 Å². The van der Waals surface area contributed by atoms with Crippen LogP contribution < -0.4 is 15.6 Å². The van der Waals surface area contributed by atoms with E-state index in [2.05, 4.69) is 10.4 Å². The van der Waals surface area contributed by atoms with Crippen LogP contribution in [0.3, 0.4) is 0 Å². The summed E-state index contributed by atoms with van der Waals surface area (Å²) in [5.41, 5.74) is -2.39. The number of carbonyl (C=O) groups is 2. The maximum absolute atomic E-state index is 15.8. The third kappa shape index (κ3) is 6.58. The average Bonchev–Trinajstić information content (AvgIpc) is 3.29. The second-order valence-corrected chi connectivity index (χ2v) is 12.5. The lowest BCUT2D eigenvalue weighted by Gasteiger charge is -2.34. The van der Waals surface area contributed by atoms with Crippen molar-refractivity contribution in [3.63, 3.8) is 0 Å². The Morgan fingerprint density at radius 2 is 1.80 bits per heavy atom. The maximum atomic E-state index is 15.8. The highest BCUT2D eigenvalue weighted by Gasteiger charge is 2.38. The zero-order chi connectivity index (χ0) is 36.2. The Bertz CT molecular complexity index is 2070. The summed E-state index contributed by atoms with van der Waals surface area (Å²) in [5, 5.41) is 16.6. The van der Waals surface area contributed by atoms with Gasteiger partial charge in [0.15, 0.2) is 0 Å². The van der Waals surface area contributed by atoms with Gasteiger partial charge < -0.3 is 15.2 Å². The van der Waals surface area contributed by atoms with Gasteiger partial charge in [-0.2, -0.15) is 13.2 Å². The molecule has 1 saturated heterocycles. The van der Waals surface area contributed by atoms with Crippen LogP contribution in [0.5, 0.6) is 11.6 Å². The van der Waals surface area contributed by atoms with E-state index >= 15 is 8.78 Å². The van der Waals surface area contributed by atoms with Crippen molar-refractivity contribution in [3.05, 3.63) is 98.1 Å².